The molecule has 0 radical (unpaired) electrons. The summed E-state index contributed by atoms with van der Waals surface area (Å²) in [7, 11) is 1.30. The van der Waals surface area contributed by atoms with Crippen molar-refractivity contribution < 1.29 is 27.8 Å². The first-order valence-electron chi connectivity index (χ1n) is 10.5. The van der Waals surface area contributed by atoms with Crippen LogP contribution in [0.15, 0.2) is 36.5 Å². The molecule has 33 heavy (non-hydrogen) atoms. The molecule has 0 unspecified atom stereocenters. The molecule has 1 aromatic heterocycles. The van der Waals surface area contributed by atoms with Gasteiger partial charge in [-0.2, -0.15) is 5.10 Å². The molecule has 2 N–H and O–H groups in total. The van der Waals surface area contributed by atoms with Crippen LogP contribution in [0, 0.1) is 5.82 Å². The summed E-state index contributed by atoms with van der Waals surface area (Å²) in [6, 6.07) is 5.76. The van der Waals surface area contributed by atoms with Crippen LogP contribution in [0.25, 0.3) is 17.0 Å². The van der Waals surface area contributed by atoms with Gasteiger partial charge in [-0.25, -0.2) is 18.0 Å². The van der Waals surface area contributed by atoms with Crippen molar-refractivity contribution in [1.82, 2.24) is 15.1 Å². The number of carboxylic acid groups (broad SMARTS) is 1. The van der Waals surface area contributed by atoms with E-state index in [4.69, 9.17) is 9.84 Å². The first-order chi connectivity index (χ1) is 15.6. The largest absolute Gasteiger partial charge is 0.493 e. The van der Waals surface area contributed by atoms with Crippen LogP contribution in [0.1, 0.15) is 42.1 Å². The summed E-state index contributed by atoms with van der Waals surface area (Å²) in [5.74, 6) is -5.04. The number of methoxy groups -OCH3 is 1. The zero-order valence-corrected chi connectivity index (χ0v) is 18.4. The summed E-state index contributed by atoms with van der Waals surface area (Å²) >= 11 is 0. The normalized spacial score (nSPS) is 19.2. The number of nitrogens with zero attached hydrogens (tertiary/aromatic N) is 2. The molecule has 174 valence electrons. The van der Waals surface area contributed by atoms with Gasteiger partial charge in [-0.3, -0.25) is 10.00 Å². The maximum Gasteiger partial charge on any atom is 0.328 e. The number of hydrogen-bond acceptors (Lipinski definition) is 4. The van der Waals surface area contributed by atoms with Gasteiger partial charge in [-0.1, -0.05) is 18.2 Å². The predicted molar refractivity (Wildman–Crippen MR) is 118 cm³/mol. The van der Waals surface area contributed by atoms with Crippen LogP contribution in [0.3, 0.4) is 0 Å². The number of alkyl halides is 2. The number of halogens is 3. The summed E-state index contributed by atoms with van der Waals surface area (Å²) in [6.45, 7) is 2.21. The monoisotopic (exact) mass is 459 g/mol. The van der Waals surface area contributed by atoms with Gasteiger partial charge in [0.05, 0.1) is 31.4 Å². The highest BCUT2D eigenvalue weighted by Gasteiger charge is 2.40. The van der Waals surface area contributed by atoms with E-state index in [-0.39, 0.29) is 17.4 Å². The van der Waals surface area contributed by atoms with Crippen LogP contribution in [-0.2, 0) is 11.2 Å². The van der Waals surface area contributed by atoms with Gasteiger partial charge in [0.2, 0.25) is 0 Å². The fraction of sp³-hybridized carbons (Fsp3) is 0.333. The molecule has 0 fully saturated rings. The van der Waals surface area contributed by atoms with E-state index in [1.807, 2.05) is 19.1 Å². The Kier molecular flexibility index (Phi) is 5.92. The number of ether oxygens (including phenoxy) is 1. The third kappa shape index (κ3) is 4.32. The molecule has 6 nitrogen and oxygen atoms in total. The van der Waals surface area contributed by atoms with E-state index in [1.54, 1.807) is 17.2 Å². The first kappa shape index (κ1) is 22.8. The number of fused-ring (bicyclic) bond motifs is 3. The molecular weight excluding hydrogens is 435 g/mol. The lowest BCUT2D eigenvalue weighted by Crippen LogP contribution is -2.47. The van der Waals surface area contributed by atoms with Crippen LogP contribution >= 0.6 is 0 Å². The fourth-order valence-electron chi connectivity index (χ4n) is 4.64. The average Bonchev–Trinajstić information content (AvgIpc) is 3.22. The quantitative estimate of drug-likeness (QED) is 0.518. The standard InChI is InChI=1S/C24H24F3N3O3/c1-13-10-17-15(7-8-19-18(17)11-28-29-19)22(30(13)12-24(2,26)27)16-6-4-14(5-9-20(31)32)21(25)23(16)33-3/h4-9,11,13,22H,10,12H2,1-3H3,(H,28,29)(H,31,32)/b9-5+/t13-,22+/m1/s1. The average molecular weight is 459 g/mol. The smallest absolute Gasteiger partial charge is 0.328 e. The Morgan fingerprint density at radius 2 is 2.06 bits per heavy atom. The van der Waals surface area contributed by atoms with Gasteiger partial charge < -0.3 is 9.84 Å². The van der Waals surface area contributed by atoms with Crippen LogP contribution < -0.4 is 4.74 Å². The SMILES string of the molecule is COc1c([C@@H]2c3ccc4[nH]ncc4c3C[C@@H](C)N2CC(C)(F)F)ccc(/C=C/C(=O)O)c1F. The van der Waals surface area contributed by atoms with E-state index in [0.29, 0.717) is 12.0 Å². The summed E-state index contributed by atoms with van der Waals surface area (Å²) in [5, 5.41) is 16.8. The number of hydrogen-bond donors (Lipinski definition) is 2. The molecule has 0 saturated heterocycles. The van der Waals surface area contributed by atoms with Gasteiger partial charge in [0.1, 0.15) is 0 Å². The number of nitrogens with one attached hydrogen (secondary N) is 1. The molecule has 2 heterocycles. The van der Waals surface area contributed by atoms with Crippen molar-refractivity contribution in [3.8, 4) is 5.75 Å². The number of benzene rings is 2. The molecule has 1 aliphatic rings. The second-order valence-corrected chi connectivity index (χ2v) is 8.43. The summed E-state index contributed by atoms with van der Waals surface area (Å²) in [6.07, 6.45) is 4.20. The second-order valence-electron chi connectivity index (χ2n) is 8.43. The van der Waals surface area contributed by atoms with Gasteiger partial charge >= 0.3 is 5.97 Å². The highest BCUT2D eigenvalue weighted by molar-refractivity contribution is 5.86. The lowest BCUT2D eigenvalue weighted by Gasteiger charge is -2.43. The Morgan fingerprint density at radius 1 is 1.33 bits per heavy atom. The maximum absolute atomic E-state index is 15.3. The third-order valence-electron chi connectivity index (χ3n) is 5.99. The number of aromatic nitrogens is 2. The Morgan fingerprint density at radius 3 is 2.73 bits per heavy atom. The number of aliphatic carboxylic acids is 1. The van der Waals surface area contributed by atoms with Crippen molar-refractivity contribution in [3.05, 3.63) is 64.6 Å². The van der Waals surface area contributed by atoms with Crippen LogP contribution in [-0.4, -0.2) is 51.8 Å². The topological polar surface area (TPSA) is 78.5 Å². The van der Waals surface area contributed by atoms with Crippen molar-refractivity contribution in [3.63, 3.8) is 0 Å². The maximum atomic E-state index is 15.3. The van der Waals surface area contributed by atoms with E-state index in [9.17, 15) is 13.6 Å². The molecule has 0 saturated carbocycles. The Bertz CT molecular complexity index is 1230. The molecular formula is C24H24F3N3O3. The summed E-state index contributed by atoms with van der Waals surface area (Å²) in [5.41, 5.74) is 2.99. The number of carboxylic acids is 1. The fourth-order valence-corrected chi connectivity index (χ4v) is 4.64. The molecule has 1 aliphatic heterocycles. The molecule has 0 spiro atoms. The van der Waals surface area contributed by atoms with Crippen molar-refractivity contribution >= 4 is 22.9 Å². The Labute approximate surface area is 188 Å². The van der Waals surface area contributed by atoms with Crippen LogP contribution in [0.4, 0.5) is 13.2 Å². The number of rotatable bonds is 6. The van der Waals surface area contributed by atoms with Gasteiger partial charge in [-0.05, 0) is 36.6 Å². The highest BCUT2D eigenvalue weighted by Crippen LogP contribution is 2.45. The molecule has 0 amide bonds. The number of H-pyrrole nitrogens is 1. The van der Waals surface area contributed by atoms with Crippen LogP contribution in [0.5, 0.6) is 5.75 Å². The molecule has 0 aliphatic carbocycles. The zero-order valence-electron chi connectivity index (χ0n) is 18.4. The zero-order chi connectivity index (χ0) is 23.9. The minimum absolute atomic E-state index is 0.0275. The van der Waals surface area contributed by atoms with Crippen LogP contribution in [0.2, 0.25) is 0 Å². The third-order valence-corrected chi connectivity index (χ3v) is 5.99. The van der Waals surface area contributed by atoms with Crippen molar-refractivity contribution in [2.24, 2.45) is 0 Å². The van der Waals surface area contributed by atoms with Gasteiger partial charge in [0.25, 0.3) is 5.92 Å². The Balaban J connectivity index is 1.94. The molecule has 0 bridgehead atoms. The molecule has 9 heteroatoms. The van der Waals surface area contributed by atoms with E-state index in [0.717, 1.165) is 41.1 Å². The minimum Gasteiger partial charge on any atom is -0.493 e. The number of carbonyl (C=O) groups is 1. The highest BCUT2D eigenvalue weighted by atomic mass is 19.3. The van der Waals surface area contributed by atoms with Crippen molar-refractivity contribution in [2.45, 2.75) is 38.3 Å². The predicted octanol–water partition coefficient (Wildman–Crippen LogP) is 4.80. The first-order valence-corrected chi connectivity index (χ1v) is 10.5. The number of aromatic amines is 1. The van der Waals surface area contributed by atoms with E-state index < -0.39 is 30.3 Å². The lowest BCUT2D eigenvalue weighted by molar-refractivity contribution is -0.131. The van der Waals surface area contributed by atoms with Gasteiger partial charge in [0, 0.05) is 35.6 Å². The van der Waals surface area contributed by atoms with E-state index >= 15 is 4.39 Å². The van der Waals surface area contributed by atoms with Crippen molar-refractivity contribution in [2.75, 3.05) is 13.7 Å². The van der Waals surface area contributed by atoms with Gasteiger partial charge in [0.15, 0.2) is 11.6 Å². The molecule has 3 aromatic rings. The molecule has 2 aromatic carbocycles. The lowest BCUT2D eigenvalue weighted by atomic mass is 9.82. The minimum atomic E-state index is -2.97. The van der Waals surface area contributed by atoms with Crippen molar-refractivity contribution in [1.29, 1.82) is 0 Å². The van der Waals surface area contributed by atoms with E-state index in [2.05, 4.69) is 10.2 Å². The van der Waals surface area contributed by atoms with Gasteiger partial charge in [-0.15, -0.1) is 0 Å². The van der Waals surface area contributed by atoms with E-state index in [1.165, 1.54) is 13.2 Å². The summed E-state index contributed by atoms with van der Waals surface area (Å²) in [4.78, 5) is 12.5. The second kappa shape index (κ2) is 8.55. The Hall–Kier alpha value is -3.33. The molecule has 2 atom stereocenters. The summed E-state index contributed by atoms with van der Waals surface area (Å²) < 4.78 is 49.2. The molecule has 4 rings (SSSR count).